The van der Waals surface area contributed by atoms with Crippen LogP contribution in [0.5, 0.6) is 11.5 Å². The van der Waals surface area contributed by atoms with Gasteiger partial charge in [-0.05, 0) is 43.5 Å². The molecule has 1 N–H and O–H groups in total. The summed E-state index contributed by atoms with van der Waals surface area (Å²) in [6, 6.07) is 14.0. The summed E-state index contributed by atoms with van der Waals surface area (Å²) in [7, 11) is 2.16. The van der Waals surface area contributed by atoms with Crippen molar-refractivity contribution in [2.24, 2.45) is 7.05 Å². The van der Waals surface area contributed by atoms with Crippen LogP contribution in [0.2, 0.25) is 0 Å². The molecule has 0 aliphatic carbocycles. The van der Waals surface area contributed by atoms with Gasteiger partial charge in [0.05, 0.1) is 38.1 Å². The van der Waals surface area contributed by atoms with Crippen LogP contribution in [0, 0.1) is 0 Å². The van der Waals surface area contributed by atoms with Crippen molar-refractivity contribution in [2.75, 3.05) is 46.2 Å². The van der Waals surface area contributed by atoms with Crippen LogP contribution >= 0.6 is 0 Å². The van der Waals surface area contributed by atoms with Gasteiger partial charge < -0.3 is 19.1 Å². The third-order valence-electron chi connectivity index (χ3n) is 8.42. The molecular weight excluding hydrogens is 490 g/mol. The molecule has 0 radical (unpaired) electrons. The summed E-state index contributed by atoms with van der Waals surface area (Å²) in [5, 5.41) is 11.9. The molecule has 3 heterocycles. The molecule has 0 unspecified atom stereocenters. The maximum Gasteiger partial charge on any atom is 0.213 e. The van der Waals surface area contributed by atoms with Crippen molar-refractivity contribution < 1.29 is 23.0 Å². The lowest BCUT2D eigenvalue weighted by Gasteiger charge is -2.50. The third kappa shape index (κ3) is 4.31. The van der Waals surface area contributed by atoms with Gasteiger partial charge in [0, 0.05) is 61.4 Å². The van der Waals surface area contributed by atoms with E-state index in [4.69, 9.17) is 9.47 Å². The van der Waals surface area contributed by atoms with E-state index in [0.29, 0.717) is 19.6 Å². The first-order valence-electron chi connectivity index (χ1n) is 12.9. The predicted molar refractivity (Wildman–Crippen MR) is 145 cm³/mol. The topological polar surface area (TPSA) is 84.2 Å². The maximum absolute atomic E-state index is 12.7. The van der Waals surface area contributed by atoms with Gasteiger partial charge in [0.15, 0.2) is 0 Å². The molecule has 8 nitrogen and oxygen atoms in total. The van der Waals surface area contributed by atoms with Crippen molar-refractivity contribution in [1.82, 2.24) is 13.8 Å². The number of methoxy groups -OCH3 is 2. The Bertz CT molecular complexity index is 1390. The summed E-state index contributed by atoms with van der Waals surface area (Å²) in [4.78, 5) is 2.35. The van der Waals surface area contributed by atoms with Crippen LogP contribution in [0.4, 0.5) is 0 Å². The number of hydrogen-bond donors (Lipinski definition) is 1. The van der Waals surface area contributed by atoms with Crippen molar-refractivity contribution in [3.8, 4) is 11.5 Å². The monoisotopic (exact) mass is 527 g/mol. The van der Waals surface area contributed by atoms with Gasteiger partial charge >= 0.3 is 0 Å². The molecule has 2 aromatic carbocycles. The molecule has 2 aliphatic heterocycles. The largest absolute Gasteiger partial charge is 0.497 e. The number of benzene rings is 2. The van der Waals surface area contributed by atoms with Crippen molar-refractivity contribution in [3.63, 3.8) is 0 Å². The van der Waals surface area contributed by atoms with Crippen molar-refractivity contribution in [3.05, 3.63) is 59.3 Å². The normalized spacial score (nSPS) is 20.3. The number of aliphatic hydroxyl groups excluding tert-OH is 1. The van der Waals surface area contributed by atoms with Gasteiger partial charge in [-0.1, -0.05) is 18.2 Å². The number of aromatic nitrogens is 1. The number of piperidine rings is 1. The summed E-state index contributed by atoms with van der Waals surface area (Å²) in [5.74, 6) is 1.73. The fourth-order valence-electron chi connectivity index (χ4n) is 6.46. The Balaban J connectivity index is 1.65. The molecular formula is C28H37N3O5S. The number of para-hydroxylation sites is 1. The van der Waals surface area contributed by atoms with E-state index in [1.165, 1.54) is 5.56 Å². The first-order chi connectivity index (χ1) is 17.8. The molecule has 0 saturated carbocycles. The number of rotatable bonds is 7. The fourth-order valence-corrected chi connectivity index (χ4v) is 7.57. The zero-order valence-electron chi connectivity index (χ0n) is 22.1. The number of fused-ring (bicyclic) bond motifs is 4. The molecule has 0 amide bonds. The van der Waals surface area contributed by atoms with Gasteiger partial charge in [-0.25, -0.2) is 12.7 Å². The molecule has 1 saturated heterocycles. The number of hydrogen-bond acceptors (Lipinski definition) is 6. The summed E-state index contributed by atoms with van der Waals surface area (Å²) in [6.45, 7) is 4.03. The van der Waals surface area contributed by atoms with Crippen LogP contribution < -0.4 is 9.47 Å². The van der Waals surface area contributed by atoms with Crippen LogP contribution in [0.1, 0.15) is 42.6 Å². The highest BCUT2D eigenvalue weighted by molar-refractivity contribution is 7.89. The second-order valence-electron chi connectivity index (χ2n) is 10.2. The highest BCUT2D eigenvalue weighted by Gasteiger charge is 2.49. The van der Waals surface area contributed by atoms with Gasteiger partial charge in [-0.3, -0.25) is 4.90 Å². The van der Waals surface area contributed by atoms with E-state index in [1.54, 1.807) is 25.4 Å². The van der Waals surface area contributed by atoms with E-state index in [1.807, 2.05) is 24.3 Å². The van der Waals surface area contributed by atoms with Crippen molar-refractivity contribution >= 4 is 20.9 Å². The Kier molecular flexibility index (Phi) is 7.00. The molecule has 200 valence electrons. The van der Waals surface area contributed by atoms with Crippen LogP contribution in [0.15, 0.2) is 42.5 Å². The maximum atomic E-state index is 12.7. The smallest absolute Gasteiger partial charge is 0.213 e. The van der Waals surface area contributed by atoms with Crippen LogP contribution in [0.25, 0.3) is 10.9 Å². The summed E-state index contributed by atoms with van der Waals surface area (Å²) >= 11 is 0. The highest BCUT2D eigenvalue weighted by Crippen LogP contribution is 2.50. The lowest BCUT2D eigenvalue weighted by Crippen LogP contribution is -2.54. The Labute approximate surface area is 219 Å². The SMILES string of the molecule is CCS(=O)(=O)N1CCC2(CC1)CN(Cc1ccccc1OC)[C@@H](CO)c1c2c2ccc(OC)cc2n1C. The minimum atomic E-state index is -3.25. The van der Waals surface area contributed by atoms with Gasteiger partial charge in [0.25, 0.3) is 0 Å². The lowest BCUT2D eigenvalue weighted by atomic mass is 9.68. The van der Waals surface area contributed by atoms with Crippen molar-refractivity contribution in [1.29, 1.82) is 0 Å². The molecule has 1 spiro atoms. The molecule has 2 aliphatic rings. The second kappa shape index (κ2) is 9.94. The molecule has 1 atom stereocenters. The Morgan fingerprint density at radius 3 is 2.46 bits per heavy atom. The van der Waals surface area contributed by atoms with Gasteiger partial charge in [-0.15, -0.1) is 0 Å². The van der Waals surface area contributed by atoms with Gasteiger partial charge in [-0.2, -0.15) is 0 Å². The Morgan fingerprint density at radius 1 is 1.08 bits per heavy atom. The first kappa shape index (κ1) is 26.0. The average Bonchev–Trinajstić information content (AvgIpc) is 3.22. The first-order valence-corrected chi connectivity index (χ1v) is 14.5. The molecule has 0 bridgehead atoms. The summed E-state index contributed by atoms with van der Waals surface area (Å²) < 4.78 is 40.4. The number of ether oxygens (including phenoxy) is 2. The van der Waals surface area contributed by atoms with E-state index in [9.17, 15) is 13.5 Å². The van der Waals surface area contributed by atoms with E-state index < -0.39 is 10.0 Å². The van der Waals surface area contributed by atoms with E-state index in [0.717, 1.165) is 53.0 Å². The van der Waals surface area contributed by atoms with Gasteiger partial charge in [0.1, 0.15) is 11.5 Å². The third-order valence-corrected chi connectivity index (χ3v) is 10.3. The minimum Gasteiger partial charge on any atom is -0.497 e. The molecule has 9 heteroatoms. The number of aliphatic hydroxyl groups is 1. The fraction of sp³-hybridized carbons (Fsp3) is 0.500. The zero-order chi connectivity index (χ0) is 26.4. The highest BCUT2D eigenvalue weighted by atomic mass is 32.2. The minimum absolute atomic E-state index is 0.0180. The second-order valence-corrected chi connectivity index (χ2v) is 12.5. The van der Waals surface area contributed by atoms with E-state index >= 15 is 0 Å². The van der Waals surface area contributed by atoms with Crippen LogP contribution in [-0.2, 0) is 29.0 Å². The summed E-state index contributed by atoms with van der Waals surface area (Å²) in [6.07, 6.45) is 1.45. The summed E-state index contributed by atoms with van der Waals surface area (Å²) in [5.41, 5.74) is 4.23. The Hall–Kier alpha value is -2.59. The molecule has 5 rings (SSSR count). The standard InChI is InChI=1S/C28H37N3O5S/c1-5-37(33,34)31-14-12-28(13-15-31)19-30(17-20-8-6-7-9-25(20)36-4)24(18-32)27-26(28)22-11-10-21(35-3)16-23(22)29(27)2/h6-11,16,24,32H,5,12-15,17-19H2,1-4H3/t24-/m0/s1. The Morgan fingerprint density at radius 2 is 1.81 bits per heavy atom. The number of aryl methyl sites for hydroxylation is 1. The predicted octanol–water partition coefficient (Wildman–Crippen LogP) is 3.43. The molecule has 1 aromatic heterocycles. The number of sulfonamides is 1. The van der Waals surface area contributed by atoms with E-state index in [-0.39, 0.29) is 23.8 Å². The number of nitrogens with zero attached hydrogens (tertiary/aromatic N) is 3. The van der Waals surface area contributed by atoms with Crippen LogP contribution in [0.3, 0.4) is 0 Å². The molecule has 1 fully saturated rings. The average molecular weight is 528 g/mol. The molecule has 37 heavy (non-hydrogen) atoms. The lowest BCUT2D eigenvalue weighted by molar-refractivity contribution is 0.0510. The quantitative estimate of drug-likeness (QED) is 0.507. The van der Waals surface area contributed by atoms with Gasteiger partial charge in [0.2, 0.25) is 10.0 Å². The zero-order valence-corrected chi connectivity index (χ0v) is 22.9. The van der Waals surface area contributed by atoms with Crippen molar-refractivity contribution in [2.45, 2.75) is 37.8 Å². The molecule has 3 aromatic rings. The van der Waals surface area contributed by atoms with Crippen LogP contribution in [-0.4, -0.2) is 73.5 Å². The van der Waals surface area contributed by atoms with E-state index in [2.05, 4.69) is 34.7 Å².